The number of hydrogen-bond donors (Lipinski definition) is 2. The van der Waals surface area contributed by atoms with Crippen molar-refractivity contribution < 1.29 is 33.0 Å². The van der Waals surface area contributed by atoms with Crippen LogP contribution in [0.3, 0.4) is 0 Å². The molecule has 2 amide bonds. The highest BCUT2D eigenvalue weighted by Crippen LogP contribution is 2.38. The van der Waals surface area contributed by atoms with Gasteiger partial charge in [0.2, 0.25) is 17.6 Å². The molecule has 14 heteroatoms. The Bertz CT molecular complexity index is 1810. The first-order valence-electron chi connectivity index (χ1n) is 14.6. The van der Waals surface area contributed by atoms with E-state index in [-0.39, 0.29) is 29.2 Å². The molecule has 0 radical (unpaired) electrons. The second-order valence-corrected chi connectivity index (χ2v) is 11.4. The van der Waals surface area contributed by atoms with Gasteiger partial charge in [-0.2, -0.15) is 0 Å². The monoisotopic (exact) mass is 630 g/mol. The van der Waals surface area contributed by atoms with Gasteiger partial charge in [-0.15, -0.1) is 10.2 Å². The van der Waals surface area contributed by atoms with Crippen LogP contribution in [0.2, 0.25) is 0 Å². The van der Waals surface area contributed by atoms with E-state index in [1.807, 2.05) is 32.0 Å². The van der Waals surface area contributed by atoms with Crippen LogP contribution in [-0.2, 0) is 21.5 Å². The van der Waals surface area contributed by atoms with Crippen LogP contribution in [0, 0.1) is 5.92 Å². The minimum absolute atomic E-state index is 0.185. The zero-order valence-electron chi connectivity index (χ0n) is 26.0. The second-order valence-electron chi connectivity index (χ2n) is 11.4. The Morgan fingerprint density at radius 1 is 1.02 bits per heavy atom. The SMILES string of the molecule is COC(=O)Nc1cnc(-c2ccccc2)n(CC(=O)N[C@@H](C(=O)c2nnc(C(C)(C)c3ccc4c(c3)OCCO4)o2)C(C)C)c1=O. The molecule has 5 rings (SSSR count). The summed E-state index contributed by atoms with van der Waals surface area (Å²) < 4.78 is 22.9. The van der Waals surface area contributed by atoms with E-state index >= 15 is 0 Å². The Balaban J connectivity index is 1.37. The molecular weight excluding hydrogens is 596 g/mol. The molecule has 2 aromatic carbocycles. The summed E-state index contributed by atoms with van der Waals surface area (Å²) in [6.07, 6.45) is 0.319. The van der Waals surface area contributed by atoms with Crippen molar-refractivity contribution in [3.05, 3.63) is 82.4 Å². The van der Waals surface area contributed by atoms with Crippen molar-refractivity contribution in [2.24, 2.45) is 5.92 Å². The number of benzene rings is 2. The van der Waals surface area contributed by atoms with E-state index in [0.29, 0.717) is 30.3 Å². The minimum Gasteiger partial charge on any atom is -0.486 e. The first-order chi connectivity index (χ1) is 22.0. The molecule has 3 heterocycles. The topological polar surface area (TPSA) is 177 Å². The fourth-order valence-electron chi connectivity index (χ4n) is 4.86. The third-order valence-electron chi connectivity index (χ3n) is 7.50. The Morgan fingerprint density at radius 3 is 2.43 bits per heavy atom. The van der Waals surface area contributed by atoms with Crippen molar-refractivity contribution in [3.63, 3.8) is 0 Å². The number of ketones is 1. The van der Waals surface area contributed by atoms with Gasteiger partial charge in [0.15, 0.2) is 11.5 Å². The Morgan fingerprint density at radius 2 is 1.74 bits per heavy atom. The third-order valence-corrected chi connectivity index (χ3v) is 7.50. The highest BCUT2D eigenvalue weighted by molar-refractivity contribution is 5.98. The van der Waals surface area contributed by atoms with Crippen molar-refractivity contribution >= 4 is 23.5 Å². The number of amides is 2. The number of carbonyl (C=O) groups excluding carboxylic acids is 3. The number of ether oxygens (including phenoxy) is 3. The minimum atomic E-state index is -1.06. The number of hydrogen-bond acceptors (Lipinski definition) is 11. The first-order valence-corrected chi connectivity index (χ1v) is 14.6. The predicted molar refractivity (Wildman–Crippen MR) is 165 cm³/mol. The van der Waals surface area contributed by atoms with Crippen LogP contribution in [0.1, 0.15) is 49.8 Å². The molecule has 14 nitrogen and oxygen atoms in total. The quantitative estimate of drug-likeness (QED) is 0.245. The average Bonchev–Trinajstić information content (AvgIpc) is 3.57. The summed E-state index contributed by atoms with van der Waals surface area (Å²) >= 11 is 0. The van der Waals surface area contributed by atoms with Crippen LogP contribution >= 0.6 is 0 Å². The predicted octanol–water partition coefficient (Wildman–Crippen LogP) is 3.59. The van der Waals surface area contributed by atoms with Gasteiger partial charge in [0.1, 0.15) is 31.3 Å². The largest absolute Gasteiger partial charge is 0.486 e. The average molecular weight is 631 g/mol. The van der Waals surface area contributed by atoms with Crippen molar-refractivity contribution in [1.82, 2.24) is 25.1 Å². The number of methoxy groups -OCH3 is 1. The van der Waals surface area contributed by atoms with Crippen molar-refractivity contribution in [2.75, 3.05) is 25.6 Å². The third kappa shape index (κ3) is 6.60. The van der Waals surface area contributed by atoms with Crippen LogP contribution in [0.5, 0.6) is 11.5 Å². The molecular formula is C32H34N6O8. The van der Waals surface area contributed by atoms with Gasteiger partial charge in [-0.25, -0.2) is 9.78 Å². The van der Waals surface area contributed by atoms with Gasteiger partial charge in [0, 0.05) is 5.56 Å². The highest BCUT2D eigenvalue weighted by Gasteiger charge is 2.35. The summed E-state index contributed by atoms with van der Waals surface area (Å²) in [6, 6.07) is 13.2. The standard InChI is InChI=1S/C32H34N6O8/c1-18(2)25(26(40)28-36-37-30(46-28)32(3,4)20-11-12-22-23(15-20)45-14-13-44-22)35-24(39)17-38-27(19-9-7-6-8-10-19)33-16-21(29(38)41)34-31(42)43-5/h6-12,15-16,18,25H,13-14,17H2,1-5H3,(H,34,42)(H,35,39)/t25-/m1/s1. The summed E-state index contributed by atoms with van der Waals surface area (Å²) in [5.74, 6) is -0.265. The molecule has 0 unspecified atom stereocenters. The number of anilines is 1. The molecule has 0 saturated heterocycles. The maximum Gasteiger partial charge on any atom is 0.411 e. The molecule has 0 bridgehead atoms. The molecule has 1 aliphatic rings. The lowest BCUT2D eigenvalue weighted by Crippen LogP contribution is -2.46. The van der Waals surface area contributed by atoms with E-state index in [1.165, 1.54) is 6.20 Å². The number of carbonyl (C=O) groups is 3. The smallest absolute Gasteiger partial charge is 0.411 e. The van der Waals surface area contributed by atoms with Crippen LogP contribution in [0.15, 0.2) is 63.9 Å². The van der Waals surface area contributed by atoms with E-state index in [2.05, 4.69) is 30.6 Å². The highest BCUT2D eigenvalue weighted by atomic mass is 16.6. The first kappa shape index (κ1) is 31.9. The summed E-state index contributed by atoms with van der Waals surface area (Å²) in [6.45, 7) is 7.66. The molecule has 0 saturated carbocycles. The van der Waals surface area contributed by atoms with Gasteiger partial charge in [-0.3, -0.25) is 24.3 Å². The van der Waals surface area contributed by atoms with Crippen molar-refractivity contribution in [3.8, 4) is 22.9 Å². The summed E-state index contributed by atoms with van der Waals surface area (Å²) in [5, 5.41) is 13.2. The number of nitrogens with zero attached hydrogens (tertiary/aromatic N) is 4. The number of fused-ring (bicyclic) bond motifs is 1. The summed E-state index contributed by atoms with van der Waals surface area (Å²) in [5.41, 5.74) is -0.291. The van der Waals surface area contributed by atoms with E-state index in [0.717, 1.165) is 17.2 Å². The Labute approximate surface area is 264 Å². The van der Waals surface area contributed by atoms with Gasteiger partial charge in [-0.05, 0) is 37.5 Å². The van der Waals surface area contributed by atoms with Crippen LogP contribution in [0.4, 0.5) is 10.5 Å². The van der Waals surface area contributed by atoms with Gasteiger partial charge < -0.3 is 23.9 Å². The molecule has 2 N–H and O–H groups in total. The maximum atomic E-state index is 13.6. The molecule has 2 aromatic heterocycles. The van der Waals surface area contributed by atoms with Crippen molar-refractivity contribution in [1.29, 1.82) is 0 Å². The van der Waals surface area contributed by atoms with Crippen molar-refractivity contribution in [2.45, 2.75) is 45.7 Å². The molecule has 1 atom stereocenters. The van der Waals surface area contributed by atoms with Crippen LogP contribution < -0.4 is 25.7 Å². The van der Waals surface area contributed by atoms with Gasteiger partial charge in [0.25, 0.3) is 11.4 Å². The Kier molecular flexibility index (Phi) is 9.16. The summed E-state index contributed by atoms with van der Waals surface area (Å²) in [7, 11) is 1.15. The number of nitrogens with one attached hydrogen (secondary N) is 2. The normalized spacial score (nSPS) is 13.2. The molecule has 4 aromatic rings. The molecule has 240 valence electrons. The lowest BCUT2D eigenvalue weighted by atomic mass is 9.84. The number of aromatic nitrogens is 4. The van der Waals surface area contributed by atoms with E-state index in [9.17, 15) is 19.2 Å². The lowest BCUT2D eigenvalue weighted by Gasteiger charge is -2.24. The van der Waals surface area contributed by atoms with E-state index in [4.69, 9.17) is 13.9 Å². The fraction of sp³-hybridized carbons (Fsp3) is 0.344. The molecule has 46 heavy (non-hydrogen) atoms. The van der Waals surface area contributed by atoms with Gasteiger partial charge >= 0.3 is 6.09 Å². The van der Waals surface area contributed by atoms with E-state index in [1.54, 1.807) is 44.2 Å². The maximum absolute atomic E-state index is 13.6. The molecule has 0 aliphatic carbocycles. The van der Waals surface area contributed by atoms with E-state index < -0.39 is 41.3 Å². The van der Waals surface area contributed by atoms with Gasteiger partial charge in [-0.1, -0.05) is 50.2 Å². The lowest BCUT2D eigenvalue weighted by molar-refractivity contribution is -0.122. The second kappa shape index (κ2) is 13.2. The molecule has 0 spiro atoms. The van der Waals surface area contributed by atoms with Crippen LogP contribution in [0.25, 0.3) is 11.4 Å². The number of rotatable bonds is 10. The van der Waals surface area contributed by atoms with Gasteiger partial charge in [0.05, 0.1) is 24.8 Å². The fourth-order valence-corrected chi connectivity index (χ4v) is 4.86. The zero-order valence-corrected chi connectivity index (χ0v) is 26.0. The Hall–Kier alpha value is -5.53. The zero-order chi connectivity index (χ0) is 33.0. The molecule has 1 aliphatic heterocycles. The molecule has 0 fully saturated rings. The summed E-state index contributed by atoms with van der Waals surface area (Å²) in [4.78, 5) is 56.5. The number of Topliss-reactive ketones (excluding diaryl/α,β-unsaturated/α-hetero) is 1. The van der Waals surface area contributed by atoms with Crippen LogP contribution in [-0.4, -0.2) is 63.9 Å².